The molecule has 1 N–H and O–H groups in total. The van der Waals surface area contributed by atoms with Gasteiger partial charge in [0.05, 0.1) is 23.2 Å². The number of carbonyl (C=O) groups excluding carboxylic acids is 1. The molecule has 1 heterocycles. The van der Waals surface area contributed by atoms with Crippen LogP contribution in [0.25, 0.3) is 0 Å². The van der Waals surface area contributed by atoms with Crippen LogP contribution in [0.3, 0.4) is 0 Å². The standard InChI is InChI=1S/C13H18N4O/c1-4-16-12-5-6-15-8-11(12)13(18)17(3)9-10(2)7-14/h5-6,8,10H,4,9H2,1-3H3,(H,15,16). The topological polar surface area (TPSA) is 69.0 Å². The van der Waals surface area contributed by atoms with Gasteiger partial charge in [0.2, 0.25) is 0 Å². The van der Waals surface area contributed by atoms with E-state index in [0.717, 1.165) is 12.2 Å². The lowest BCUT2D eigenvalue weighted by atomic mass is 10.1. The van der Waals surface area contributed by atoms with Gasteiger partial charge in [-0.1, -0.05) is 0 Å². The van der Waals surface area contributed by atoms with Gasteiger partial charge in [0.25, 0.3) is 5.91 Å². The van der Waals surface area contributed by atoms with Gasteiger partial charge in [0.1, 0.15) is 0 Å². The van der Waals surface area contributed by atoms with E-state index in [0.29, 0.717) is 12.1 Å². The van der Waals surface area contributed by atoms with Crippen molar-refractivity contribution in [3.8, 4) is 6.07 Å². The van der Waals surface area contributed by atoms with Crippen LogP contribution in [-0.2, 0) is 0 Å². The smallest absolute Gasteiger partial charge is 0.257 e. The maximum absolute atomic E-state index is 12.2. The van der Waals surface area contributed by atoms with Crippen LogP contribution in [0.4, 0.5) is 5.69 Å². The average molecular weight is 246 g/mol. The Morgan fingerprint density at radius 2 is 2.39 bits per heavy atom. The second-order valence-corrected chi connectivity index (χ2v) is 4.17. The molecule has 1 rings (SSSR count). The molecule has 0 bridgehead atoms. The lowest BCUT2D eigenvalue weighted by Crippen LogP contribution is -2.31. The number of amides is 1. The summed E-state index contributed by atoms with van der Waals surface area (Å²) in [6, 6.07) is 3.89. The van der Waals surface area contributed by atoms with Crippen LogP contribution in [-0.4, -0.2) is 35.9 Å². The summed E-state index contributed by atoms with van der Waals surface area (Å²) < 4.78 is 0. The fourth-order valence-corrected chi connectivity index (χ4v) is 1.65. The van der Waals surface area contributed by atoms with Gasteiger partial charge in [-0.2, -0.15) is 5.26 Å². The second kappa shape index (κ2) is 6.60. The van der Waals surface area contributed by atoms with Gasteiger partial charge in [0, 0.05) is 32.5 Å². The van der Waals surface area contributed by atoms with Crippen LogP contribution in [0, 0.1) is 17.2 Å². The van der Waals surface area contributed by atoms with Crippen LogP contribution in [0.5, 0.6) is 0 Å². The number of rotatable bonds is 5. The molecule has 0 spiro atoms. The van der Waals surface area contributed by atoms with Crippen molar-refractivity contribution in [3.63, 3.8) is 0 Å². The summed E-state index contributed by atoms with van der Waals surface area (Å²) in [4.78, 5) is 17.8. The van der Waals surface area contributed by atoms with Crippen molar-refractivity contribution in [3.05, 3.63) is 24.0 Å². The fourth-order valence-electron chi connectivity index (χ4n) is 1.65. The van der Waals surface area contributed by atoms with Crippen LogP contribution in [0.2, 0.25) is 0 Å². The average Bonchev–Trinajstić information content (AvgIpc) is 2.38. The van der Waals surface area contributed by atoms with Crippen molar-refractivity contribution < 1.29 is 4.79 Å². The Morgan fingerprint density at radius 1 is 1.67 bits per heavy atom. The summed E-state index contributed by atoms with van der Waals surface area (Å²) in [6.45, 7) is 4.91. The second-order valence-electron chi connectivity index (χ2n) is 4.17. The van der Waals surface area contributed by atoms with E-state index in [1.54, 1.807) is 37.3 Å². The Balaban J connectivity index is 2.86. The van der Waals surface area contributed by atoms with Crippen molar-refractivity contribution in [1.82, 2.24) is 9.88 Å². The number of carbonyl (C=O) groups is 1. The van der Waals surface area contributed by atoms with Gasteiger partial charge in [-0.15, -0.1) is 0 Å². The third-order valence-electron chi connectivity index (χ3n) is 2.53. The summed E-state index contributed by atoms with van der Waals surface area (Å²) in [5.41, 5.74) is 1.31. The van der Waals surface area contributed by atoms with Crippen molar-refractivity contribution in [2.45, 2.75) is 13.8 Å². The molecule has 0 saturated heterocycles. The van der Waals surface area contributed by atoms with Gasteiger partial charge in [-0.25, -0.2) is 0 Å². The molecular formula is C13H18N4O. The van der Waals surface area contributed by atoms with Crippen molar-refractivity contribution in [2.75, 3.05) is 25.5 Å². The zero-order chi connectivity index (χ0) is 13.5. The predicted molar refractivity (Wildman–Crippen MR) is 70.1 cm³/mol. The maximum atomic E-state index is 12.2. The maximum Gasteiger partial charge on any atom is 0.257 e. The first-order chi connectivity index (χ1) is 8.60. The Labute approximate surface area is 107 Å². The summed E-state index contributed by atoms with van der Waals surface area (Å²) in [5, 5.41) is 11.9. The van der Waals surface area contributed by atoms with Gasteiger partial charge < -0.3 is 10.2 Å². The summed E-state index contributed by atoms with van der Waals surface area (Å²) >= 11 is 0. The minimum atomic E-state index is -0.182. The van der Waals surface area contributed by atoms with Crippen molar-refractivity contribution in [2.24, 2.45) is 5.92 Å². The number of hydrogen-bond acceptors (Lipinski definition) is 4. The van der Waals surface area contributed by atoms with Crippen LogP contribution >= 0.6 is 0 Å². The minimum Gasteiger partial charge on any atom is -0.385 e. The molecule has 1 amide bonds. The van der Waals surface area contributed by atoms with Crippen molar-refractivity contribution in [1.29, 1.82) is 5.26 Å². The van der Waals surface area contributed by atoms with E-state index in [1.807, 2.05) is 6.92 Å². The number of anilines is 1. The van der Waals surface area contributed by atoms with Crippen LogP contribution in [0.15, 0.2) is 18.5 Å². The largest absolute Gasteiger partial charge is 0.385 e. The van der Waals surface area contributed by atoms with E-state index < -0.39 is 0 Å². The Hall–Kier alpha value is -2.09. The first-order valence-electron chi connectivity index (χ1n) is 5.93. The minimum absolute atomic E-state index is 0.124. The molecule has 0 radical (unpaired) electrons. The molecule has 5 heteroatoms. The summed E-state index contributed by atoms with van der Waals surface area (Å²) in [7, 11) is 1.69. The third kappa shape index (κ3) is 3.45. The van der Waals surface area contributed by atoms with Gasteiger partial charge in [-0.05, 0) is 19.9 Å². The molecule has 1 unspecified atom stereocenters. The van der Waals surface area contributed by atoms with E-state index >= 15 is 0 Å². The zero-order valence-electron chi connectivity index (χ0n) is 11.0. The van der Waals surface area contributed by atoms with Crippen LogP contribution in [0.1, 0.15) is 24.2 Å². The van der Waals surface area contributed by atoms with Gasteiger partial charge >= 0.3 is 0 Å². The Bertz CT molecular complexity index is 453. The number of pyridine rings is 1. The predicted octanol–water partition coefficient (Wildman–Crippen LogP) is 1.75. The van der Waals surface area contributed by atoms with Gasteiger partial charge in [-0.3, -0.25) is 9.78 Å². The molecule has 0 aliphatic heterocycles. The molecule has 1 aromatic rings. The van der Waals surface area contributed by atoms with E-state index in [4.69, 9.17) is 5.26 Å². The molecule has 96 valence electrons. The molecule has 18 heavy (non-hydrogen) atoms. The third-order valence-corrected chi connectivity index (χ3v) is 2.53. The van der Waals surface area contributed by atoms with Gasteiger partial charge in [0.15, 0.2) is 0 Å². The molecule has 0 saturated carbocycles. The summed E-state index contributed by atoms with van der Waals surface area (Å²) in [6.07, 6.45) is 3.19. The number of aromatic nitrogens is 1. The van der Waals surface area contributed by atoms with Crippen molar-refractivity contribution >= 4 is 11.6 Å². The quantitative estimate of drug-likeness (QED) is 0.859. The first-order valence-corrected chi connectivity index (χ1v) is 5.93. The monoisotopic (exact) mass is 246 g/mol. The summed E-state index contributed by atoms with van der Waals surface area (Å²) in [5.74, 6) is -0.306. The van der Waals surface area contributed by atoms with E-state index in [1.165, 1.54) is 0 Å². The number of nitrogens with zero attached hydrogens (tertiary/aromatic N) is 3. The SMILES string of the molecule is CCNc1ccncc1C(=O)N(C)CC(C)C#N. The molecule has 0 aliphatic carbocycles. The zero-order valence-corrected chi connectivity index (χ0v) is 11.0. The van der Waals surface area contributed by atoms with Crippen LogP contribution < -0.4 is 5.32 Å². The molecule has 5 nitrogen and oxygen atoms in total. The highest BCUT2D eigenvalue weighted by molar-refractivity contribution is 5.99. The lowest BCUT2D eigenvalue weighted by molar-refractivity contribution is 0.0785. The normalized spacial score (nSPS) is 11.4. The molecule has 1 atom stereocenters. The molecular weight excluding hydrogens is 228 g/mol. The first kappa shape index (κ1) is 14.0. The number of nitrogens with one attached hydrogen (secondary N) is 1. The van der Waals surface area contributed by atoms with E-state index in [-0.39, 0.29) is 11.8 Å². The number of nitriles is 1. The molecule has 0 aromatic carbocycles. The van der Waals surface area contributed by atoms with E-state index in [2.05, 4.69) is 16.4 Å². The highest BCUT2D eigenvalue weighted by Crippen LogP contribution is 2.15. The lowest BCUT2D eigenvalue weighted by Gasteiger charge is -2.19. The Kier molecular flexibility index (Phi) is 5.12. The number of hydrogen-bond donors (Lipinski definition) is 1. The Morgan fingerprint density at radius 3 is 3.00 bits per heavy atom. The highest BCUT2D eigenvalue weighted by Gasteiger charge is 2.17. The molecule has 0 aliphatic rings. The fraction of sp³-hybridized carbons (Fsp3) is 0.462. The highest BCUT2D eigenvalue weighted by atomic mass is 16.2. The molecule has 1 aromatic heterocycles. The van der Waals surface area contributed by atoms with E-state index in [9.17, 15) is 4.79 Å². The molecule has 0 fully saturated rings.